The Balaban J connectivity index is 1.51. The minimum absolute atomic E-state index is 0.296. The second-order valence-electron chi connectivity index (χ2n) is 10.3. The maximum absolute atomic E-state index is 11.4. The van der Waals surface area contributed by atoms with Gasteiger partial charge in [-0.2, -0.15) is 0 Å². The number of para-hydroxylation sites is 4. The summed E-state index contributed by atoms with van der Waals surface area (Å²) < 4.78 is 12.4. The van der Waals surface area contributed by atoms with E-state index in [0.717, 1.165) is 61.6 Å². The average molecular weight is 529 g/mol. The van der Waals surface area contributed by atoms with Crippen molar-refractivity contribution in [3.05, 3.63) is 153 Å². The van der Waals surface area contributed by atoms with Crippen LogP contribution < -0.4 is 9.47 Å². The zero-order valence-corrected chi connectivity index (χ0v) is 22.6. The Morgan fingerprint density at radius 3 is 1.25 bits per heavy atom. The quantitative estimate of drug-likeness (QED) is 0.251. The van der Waals surface area contributed by atoms with Gasteiger partial charge >= 0.3 is 0 Å². The van der Waals surface area contributed by atoms with Crippen molar-refractivity contribution in [2.75, 3.05) is 7.11 Å². The lowest BCUT2D eigenvalue weighted by Gasteiger charge is -2.20. The molecule has 0 saturated heterocycles. The fourth-order valence-electron chi connectivity index (χ4n) is 5.69. The molecule has 4 heteroatoms. The molecule has 2 N–H and O–H groups in total. The van der Waals surface area contributed by atoms with E-state index in [0.29, 0.717) is 43.8 Å². The van der Waals surface area contributed by atoms with E-state index in [2.05, 4.69) is 12.1 Å². The highest BCUT2D eigenvalue weighted by atomic mass is 16.5. The summed E-state index contributed by atoms with van der Waals surface area (Å²) >= 11 is 0. The molecule has 0 saturated carbocycles. The average Bonchev–Trinajstić information content (AvgIpc) is 2.97. The molecule has 0 amide bonds. The lowest BCUT2D eigenvalue weighted by Crippen LogP contribution is -2.05. The highest BCUT2D eigenvalue weighted by Gasteiger charge is 2.19. The van der Waals surface area contributed by atoms with E-state index in [1.807, 2.05) is 91.0 Å². The summed E-state index contributed by atoms with van der Waals surface area (Å²) in [6.45, 7) is 0.428. The molecule has 0 radical (unpaired) electrons. The van der Waals surface area contributed by atoms with Crippen molar-refractivity contribution >= 4 is 0 Å². The SMILES string of the molecule is COc1c2cccc1Cc1cccc(c1O)Cc1cccc(c1OCc1ccccc1)Cc1cccc(c1O)C2. The van der Waals surface area contributed by atoms with Crippen LogP contribution in [0.2, 0.25) is 0 Å². The molecule has 40 heavy (non-hydrogen) atoms. The fraction of sp³-hybridized carbons (Fsp3) is 0.167. The monoisotopic (exact) mass is 528 g/mol. The molecule has 5 aromatic rings. The minimum Gasteiger partial charge on any atom is -0.507 e. The van der Waals surface area contributed by atoms with Gasteiger partial charge in [-0.25, -0.2) is 0 Å². The first-order valence-corrected chi connectivity index (χ1v) is 13.6. The molecule has 6 rings (SSSR count). The Morgan fingerprint density at radius 2 is 0.850 bits per heavy atom. The van der Waals surface area contributed by atoms with Crippen molar-refractivity contribution in [3.63, 3.8) is 0 Å². The number of methoxy groups -OCH3 is 1. The van der Waals surface area contributed by atoms with Gasteiger partial charge in [-0.3, -0.25) is 0 Å². The Bertz CT molecular complexity index is 1560. The number of benzene rings is 5. The highest BCUT2D eigenvalue weighted by molar-refractivity contribution is 5.55. The molecule has 0 unspecified atom stereocenters. The number of rotatable bonds is 4. The number of hydrogen-bond acceptors (Lipinski definition) is 4. The maximum atomic E-state index is 11.4. The van der Waals surface area contributed by atoms with E-state index in [1.54, 1.807) is 7.11 Å². The van der Waals surface area contributed by atoms with Crippen LogP contribution in [0.15, 0.2) is 103 Å². The molecule has 8 bridgehead atoms. The molecule has 1 aliphatic rings. The number of ether oxygens (including phenoxy) is 2. The van der Waals surface area contributed by atoms with Gasteiger partial charge in [0.2, 0.25) is 0 Å². The summed E-state index contributed by atoms with van der Waals surface area (Å²) in [6.07, 6.45) is 2.09. The molecular weight excluding hydrogens is 496 g/mol. The predicted octanol–water partition coefficient (Wildman–Crippen LogP) is 7.36. The first kappa shape index (κ1) is 25.6. The molecule has 5 aromatic carbocycles. The first-order chi connectivity index (χ1) is 19.6. The number of hydrogen-bond donors (Lipinski definition) is 2. The van der Waals surface area contributed by atoms with Gasteiger partial charge in [0.05, 0.1) is 7.11 Å². The van der Waals surface area contributed by atoms with Crippen LogP contribution >= 0.6 is 0 Å². The van der Waals surface area contributed by atoms with E-state index < -0.39 is 0 Å². The van der Waals surface area contributed by atoms with Crippen molar-refractivity contribution in [3.8, 4) is 23.0 Å². The molecule has 0 aliphatic heterocycles. The molecule has 1 aliphatic carbocycles. The van der Waals surface area contributed by atoms with Crippen molar-refractivity contribution < 1.29 is 19.7 Å². The van der Waals surface area contributed by atoms with Crippen LogP contribution in [-0.4, -0.2) is 17.3 Å². The van der Waals surface area contributed by atoms with Crippen LogP contribution in [0.5, 0.6) is 23.0 Å². The van der Waals surface area contributed by atoms with Gasteiger partial charge in [0, 0.05) is 25.7 Å². The van der Waals surface area contributed by atoms with Crippen LogP contribution in [0.4, 0.5) is 0 Å². The zero-order chi connectivity index (χ0) is 27.5. The summed E-state index contributed by atoms with van der Waals surface area (Å²) in [5, 5.41) is 22.8. The van der Waals surface area contributed by atoms with Gasteiger partial charge in [-0.1, -0.05) is 103 Å². The number of fused-ring (bicyclic) bond motifs is 8. The zero-order valence-electron chi connectivity index (χ0n) is 22.6. The summed E-state index contributed by atoms with van der Waals surface area (Å²) in [7, 11) is 1.68. The lowest BCUT2D eigenvalue weighted by atomic mass is 9.91. The highest BCUT2D eigenvalue weighted by Crippen LogP contribution is 2.38. The van der Waals surface area contributed by atoms with Gasteiger partial charge in [-0.05, 0) is 50.1 Å². The van der Waals surface area contributed by atoms with Gasteiger partial charge < -0.3 is 19.7 Å². The van der Waals surface area contributed by atoms with Gasteiger partial charge in [0.25, 0.3) is 0 Å². The maximum Gasteiger partial charge on any atom is 0.126 e. The third kappa shape index (κ3) is 5.13. The number of phenols is 2. The van der Waals surface area contributed by atoms with Crippen LogP contribution in [-0.2, 0) is 32.3 Å². The second-order valence-corrected chi connectivity index (χ2v) is 10.3. The number of phenolic OH excluding ortho intramolecular Hbond substituents is 2. The van der Waals surface area contributed by atoms with Crippen molar-refractivity contribution in [2.45, 2.75) is 32.3 Å². The van der Waals surface area contributed by atoms with Crippen LogP contribution in [0.3, 0.4) is 0 Å². The van der Waals surface area contributed by atoms with Crippen molar-refractivity contribution in [1.29, 1.82) is 0 Å². The van der Waals surface area contributed by atoms with Crippen molar-refractivity contribution in [1.82, 2.24) is 0 Å². The Labute approximate surface area is 235 Å². The van der Waals surface area contributed by atoms with Crippen molar-refractivity contribution in [2.24, 2.45) is 0 Å². The molecule has 0 spiro atoms. The predicted molar refractivity (Wildman–Crippen MR) is 158 cm³/mol. The van der Waals surface area contributed by atoms with Gasteiger partial charge in [0.15, 0.2) is 0 Å². The van der Waals surface area contributed by atoms with E-state index in [4.69, 9.17) is 9.47 Å². The summed E-state index contributed by atoms with van der Waals surface area (Å²) in [4.78, 5) is 0. The minimum atomic E-state index is 0.296. The third-order valence-electron chi connectivity index (χ3n) is 7.72. The molecule has 0 atom stereocenters. The number of aromatic hydroxyl groups is 2. The molecule has 4 nitrogen and oxygen atoms in total. The normalized spacial score (nSPS) is 12.5. The van der Waals surface area contributed by atoms with Crippen LogP contribution in [0, 0.1) is 0 Å². The standard InChI is InChI=1S/C36H32O4/c1-39-35-29-15-7-16-30(35)20-26-12-6-14-28(34(26)38)22-32-18-8-17-31(21-27-13-5-11-25(19-29)33(27)37)36(32)40-23-24-9-3-2-4-10-24/h2-18,37-38H,19-23H2,1H3. The molecule has 0 heterocycles. The van der Waals surface area contributed by atoms with Gasteiger partial charge in [-0.15, -0.1) is 0 Å². The van der Waals surface area contributed by atoms with Crippen LogP contribution in [0.25, 0.3) is 0 Å². The van der Waals surface area contributed by atoms with E-state index in [9.17, 15) is 10.2 Å². The van der Waals surface area contributed by atoms with E-state index in [-0.39, 0.29) is 0 Å². The van der Waals surface area contributed by atoms with E-state index in [1.165, 1.54) is 0 Å². The Kier molecular flexibility index (Phi) is 7.15. The summed E-state index contributed by atoms with van der Waals surface area (Å²) in [6, 6.07) is 34.2. The van der Waals surface area contributed by atoms with Crippen LogP contribution in [0.1, 0.15) is 50.1 Å². The largest absolute Gasteiger partial charge is 0.507 e. The topological polar surface area (TPSA) is 58.9 Å². The third-order valence-corrected chi connectivity index (χ3v) is 7.72. The van der Waals surface area contributed by atoms with E-state index >= 15 is 0 Å². The smallest absolute Gasteiger partial charge is 0.126 e. The summed E-state index contributed by atoms with van der Waals surface area (Å²) in [5.41, 5.74) is 8.40. The Hall–Kier alpha value is -4.70. The fourth-order valence-corrected chi connectivity index (χ4v) is 5.69. The first-order valence-electron chi connectivity index (χ1n) is 13.6. The lowest BCUT2D eigenvalue weighted by molar-refractivity contribution is 0.300. The molecule has 200 valence electrons. The molecule has 0 aromatic heterocycles. The molecule has 0 fully saturated rings. The Morgan fingerprint density at radius 1 is 0.475 bits per heavy atom. The molecular formula is C36H32O4. The van der Waals surface area contributed by atoms with Gasteiger partial charge in [0.1, 0.15) is 29.6 Å². The second kappa shape index (κ2) is 11.2. The summed E-state index contributed by atoms with van der Waals surface area (Å²) in [5.74, 6) is 2.17.